The Kier molecular flexibility index (Phi) is 7.96. The van der Waals surface area contributed by atoms with Crippen molar-refractivity contribution in [1.82, 2.24) is 4.90 Å². The maximum Gasteiger partial charge on any atom is 0.418 e. The van der Waals surface area contributed by atoms with Crippen LogP contribution in [-0.4, -0.2) is 22.9 Å². The first kappa shape index (κ1) is 27.2. The molecule has 5 aromatic rings. The number of amides is 2. The molecule has 1 atom stereocenters. The van der Waals surface area contributed by atoms with Crippen molar-refractivity contribution in [2.45, 2.75) is 30.9 Å². The molecule has 0 aliphatic carbocycles. The number of ether oxygens (including phenoxy) is 1. The van der Waals surface area contributed by atoms with E-state index in [-0.39, 0.29) is 5.91 Å². The fourth-order valence-corrected chi connectivity index (χ4v) is 6.16. The van der Waals surface area contributed by atoms with Gasteiger partial charge in [-0.1, -0.05) is 152 Å². The van der Waals surface area contributed by atoms with E-state index >= 15 is 0 Å². The van der Waals surface area contributed by atoms with Gasteiger partial charge in [0.1, 0.15) is 0 Å². The number of carbonyl (C=O) groups excluding carboxylic acids is 2. The monoisotopic (exact) mass is 551 g/mol. The summed E-state index contributed by atoms with van der Waals surface area (Å²) in [6, 6.07) is 49.1. The van der Waals surface area contributed by atoms with Crippen LogP contribution in [0.3, 0.4) is 0 Å². The van der Waals surface area contributed by atoms with Crippen LogP contribution in [0.4, 0.5) is 4.79 Å². The van der Waals surface area contributed by atoms with E-state index in [0.717, 1.165) is 27.8 Å². The highest BCUT2D eigenvalue weighted by molar-refractivity contribution is 5.96. The Balaban J connectivity index is 1.48. The molecule has 1 aliphatic rings. The number of imide groups is 1. The number of rotatable bonds is 9. The third-order valence-corrected chi connectivity index (χ3v) is 8.14. The SMILES string of the molecule is O=C1OC(c2ccccc2)(c2ccccc2)[C@H](Cc2ccccc2)N1C(=O)C(Cc1ccccc1)Cc1ccccc1. The van der Waals surface area contributed by atoms with Gasteiger partial charge in [0, 0.05) is 17.0 Å². The zero-order valence-electron chi connectivity index (χ0n) is 23.4. The van der Waals surface area contributed by atoms with Crippen LogP contribution in [0.25, 0.3) is 0 Å². The van der Waals surface area contributed by atoms with Crippen LogP contribution < -0.4 is 0 Å². The van der Waals surface area contributed by atoms with Crippen molar-refractivity contribution in [2.75, 3.05) is 0 Å². The molecule has 4 heteroatoms. The van der Waals surface area contributed by atoms with Crippen LogP contribution in [0.2, 0.25) is 0 Å². The van der Waals surface area contributed by atoms with Gasteiger partial charge in [-0.15, -0.1) is 0 Å². The Hall–Kier alpha value is -4.96. The Bertz CT molecular complexity index is 1530. The number of hydrogen-bond acceptors (Lipinski definition) is 3. The number of nitrogens with zero attached hydrogens (tertiary/aromatic N) is 1. The smallest absolute Gasteiger partial charge is 0.418 e. The Morgan fingerprint density at radius 3 is 1.40 bits per heavy atom. The highest BCUT2D eigenvalue weighted by atomic mass is 16.6. The molecule has 0 aromatic heterocycles. The summed E-state index contributed by atoms with van der Waals surface area (Å²) >= 11 is 0. The molecule has 1 heterocycles. The van der Waals surface area contributed by atoms with Gasteiger partial charge in [0.25, 0.3) is 0 Å². The van der Waals surface area contributed by atoms with Crippen molar-refractivity contribution < 1.29 is 14.3 Å². The summed E-state index contributed by atoms with van der Waals surface area (Å²) in [5.74, 6) is -0.676. The van der Waals surface area contributed by atoms with Crippen molar-refractivity contribution in [1.29, 1.82) is 0 Å². The summed E-state index contributed by atoms with van der Waals surface area (Å²) in [5, 5.41) is 0. The standard InChI is InChI=1S/C38H33NO3/c40-36(32(26-29-16-6-1-7-17-29)27-30-18-8-2-9-19-30)39-35(28-31-20-10-3-11-21-31)38(42-37(39)41,33-22-12-4-13-23-33)34-24-14-5-15-25-34/h1-25,32,35H,26-28H2/t35-/m0/s1. The fraction of sp³-hybridized carbons (Fsp3) is 0.158. The molecule has 208 valence electrons. The molecule has 0 unspecified atom stereocenters. The second-order valence-corrected chi connectivity index (χ2v) is 10.8. The molecule has 1 fully saturated rings. The predicted octanol–water partition coefficient (Wildman–Crippen LogP) is 7.62. The van der Waals surface area contributed by atoms with E-state index in [1.54, 1.807) is 0 Å². The second-order valence-electron chi connectivity index (χ2n) is 10.8. The van der Waals surface area contributed by atoms with E-state index in [2.05, 4.69) is 0 Å². The number of hydrogen-bond donors (Lipinski definition) is 0. The summed E-state index contributed by atoms with van der Waals surface area (Å²) in [7, 11) is 0. The minimum Gasteiger partial charge on any atom is -0.430 e. The summed E-state index contributed by atoms with van der Waals surface area (Å²) in [6.45, 7) is 0. The Morgan fingerprint density at radius 1 is 0.595 bits per heavy atom. The van der Waals surface area contributed by atoms with Gasteiger partial charge in [-0.25, -0.2) is 9.69 Å². The second kappa shape index (κ2) is 12.3. The van der Waals surface area contributed by atoms with Crippen LogP contribution in [-0.2, 0) is 34.4 Å². The van der Waals surface area contributed by atoms with Gasteiger partial charge in [0.2, 0.25) is 5.91 Å². The molecule has 2 amide bonds. The lowest BCUT2D eigenvalue weighted by Gasteiger charge is -2.36. The molecule has 0 radical (unpaired) electrons. The minimum atomic E-state index is -1.17. The van der Waals surface area contributed by atoms with E-state index in [1.165, 1.54) is 4.90 Å². The first-order valence-electron chi connectivity index (χ1n) is 14.4. The molecule has 0 saturated carbocycles. The van der Waals surface area contributed by atoms with Crippen LogP contribution in [0.1, 0.15) is 27.8 Å². The first-order valence-corrected chi connectivity index (χ1v) is 14.4. The molecule has 1 aliphatic heterocycles. The maximum atomic E-state index is 14.7. The zero-order valence-corrected chi connectivity index (χ0v) is 23.4. The molecule has 5 aromatic carbocycles. The highest BCUT2D eigenvalue weighted by Gasteiger charge is 2.58. The van der Waals surface area contributed by atoms with E-state index in [0.29, 0.717) is 19.3 Å². The topological polar surface area (TPSA) is 46.6 Å². The lowest BCUT2D eigenvalue weighted by Crippen LogP contribution is -2.50. The predicted molar refractivity (Wildman–Crippen MR) is 165 cm³/mol. The normalized spacial score (nSPS) is 15.9. The molecule has 1 saturated heterocycles. The molecule has 0 bridgehead atoms. The lowest BCUT2D eigenvalue weighted by atomic mass is 9.77. The van der Waals surface area contributed by atoms with E-state index < -0.39 is 23.7 Å². The van der Waals surface area contributed by atoms with Gasteiger partial charge in [0.15, 0.2) is 5.60 Å². The molecule has 0 spiro atoms. The van der Waals surface area contributed by atoms with Gasteiger partial charge in [-0.3, -0.25) is 4.79 Å². The highest BCUT2D eigenvalue weighted by Crippen LogP contribution is 2.46. The van der Waals surface area contributed by atoms with Gasteiger partial charge in [0.05, 0.1) is 6.04 Å². The summed E-state index contributed by atoms with van der Waals surface area (Å²) < 4.78 is 6.46. The Labute approximate surface area is 247 Å². The van der Waals surface area contributed by atoms with Crippen LogP contribution in [0.15, 0.2) is 152 Å². The number of carbonyl (C=O) groups is 2. The van der Waals surface area contributed by atoms with Crippen molar-refractivity contribution in [3.05, 3.63) is 179 Å². The van der Waals surface area contributed by atoms with E-state index in [9.17, 15) is 9.59 Å². The van der Waals surface area contributed by atoms with Crippen molar-refractivity contribution in [3.8, 4) is 0 Å². The summed E-state index contributed by atoms with van der Waals surface area (Å²) in [6.07, 6.45) is 0.867. The molecular formula is C38H33NO3. The van der Waals surface area contributed by atoms with Crippen molar-refractivity contribution in [2.24, 2.45) is 5.92 Å². The third kappa shape index (κ3) is 5.48. The van der Waals surface area contributed by atoms with Gasteiger partial charge in [-0.2, -0.15) is 0 Å². The average molecular weight is 552 g/mol. The number of cyclic esters (lactones) is 1. The zero-order chi connectivity index (χ0) is 28.8. The minimum absolute atomic E-state index is 0.220. The van der Waals surface area contributed by atoms with Crippen molar-refractivity contribution >= 4 is 12.0 Å². The molecule has 0 N–H and O–H groups in total. The largest absolute Gasteiger partial charge is 0.430 e. The van der Waals surface area contributed by atoms with E-state index in [1.807, 2.05) is 152 Å². The number of benzene rings is 5. The molecule has 42 heavy (non-hydrogen) atoms. The molecule has 6 rings (SSSR count). The fourth-order valence-electron chi connectivity index (χ4n) is 6.16. The van der Waals surface area contributed by atoms with Gasteiger partial charge in [-0.05, 0) is 36.0 Å². The van der Waals surface area contributed by atoms with Gasteiger partial charge < -0.3 is 4.74 Å². The quantitative estimate of drug-likeness (QED) is 0.189. The molecule has 4 nitrogen and oxygen atoms in total. The maximum absolute atomic E-state index is 14.7. The van der Waals surface area contributed by atoms with Crippen LogP contribution in [0, 0.1) is 5.92 Å². The van der Waals surface area contributed by atoms with E-state index in [4.69, 9.17) is 4.74 Å². The average Bonchev–Trinajstić information content (AvgIpc) is 3.34. The Morgan fingerprint density at radius 2 is 0.976 bits per heavy atom. The van der Waals surface area contributed by atoms with Crippen LogP contribution >= 0.6 is 0 Å². The summed E-state index contributed by atoms with van der Waals surface area (Å²) in [5.41, 5.74) is 3.63. The molecular weight excluding hydrogens is 518 g/mol. The lowest BCUT2D eigenvalue weighted by molar-refractivity contribution is -0.133. The van der Waals surface area contributed by atoms with Crippen molar-refractivity contribution in [3.63, 3.8) is 0 Å². The summed E-state index contributed by atoms with van der Waals surface area (Å²) in [4.78, 5) is 30.2. The van der Waals surface area contributed by atoms with Gasteiger partial charge >= 0.3 is 6.09 Å². The first-order chi connectivity index (χ1) is 20.6. The third-order valence-electron chi connectivity index (χ3n) is 8.14. The van der Waals surface area contributed by atoms with Crippen LogP contribution in [0.5, 0.6) is 0 Å².